The summed E-state index contributed by atoms with van der Waals surface area (Å²) in [7, 11) is 0. The van der Waals surface area contributed by atoms with Crippen molar-refractivity contribution in [3.8, 4) is 5.88 Å². The van der Waals surface area contributed by atoms with E-state index in [2.05, 4.69) is 20.1 Å². The average molecular weight is 368 g/mol. The summed E-state index contributed by atoms with van der Waals surface area (Å²) < 4.78 is 22.3. The highest BCUT2D eigenvalue weighted by Crippen LogP contribution is 2.41. The highest BCUT2D eigenvalue weighted by atomic mass is 19.1. The molecule has 8 heteroatoms. The number of piperidine rings is 1. The van der Waals surface area contributed by atoms with E-state index in [0.717, 1.165) is 44.4 Å². The molecule has 0 amide bonds. The molecule has 0 N–H and O–H groups in total. The van der Waals surface area contributed by atoms with Crippen molar-refractivity contribution in [3.63, 3.8) is 0 Å². The third-order valence-corrected chi connectivity index (χ3v) is 5.37. The number of ether oxygens (including phenoxy) is 1. The number of hydrogen-bond acceptors (Lipinski definition) is 6. The van der Waals surface area contributed by atoms with Gasteiger partial charge in [0, 0.05) is 37.5 Å². The van der Waals surface area contributed by atoms with Crippen molar-refractivity contribution in [2.75, 3.05) is 24.6 Å². The number of imidazole rings is 1. The minimum absolute atomic E-state index is 0.229. The van der Waals surface area contributed by atoms with Crippen molar-refractivity contribution >= 4 is 11.5 Å². The molecule has 0 radical (unpaired) electrons. The number of hydrogen-bond donors (Lipinski definition) is 0. The molecule has 3 aromatic heterocycles. The van der Waals surface area contributed by atoms with Crippen molar-refractivity contribution < 1.29 is 9.13 Å². The first-order chi connectivity index (χ1) is 13.3. The minimum Gasteiger partial charge on any atom is -0.476 e. The molecule has 0 unspecified atom stereocenters. The third-order valence-electron chi connectivity index (χ3n) is 5.37. The van der Waals surface area contributed by atoms with E-state index >= 15 is 0 Å². The lowest BCUT2D eigenvalue weighted by Crippen LogP contribution is -2.36. The molecule has 2 aliphatic rings. The van der Waals surface area contributed by atoms with Gasteiger partial charge in [-0.3, -0.25) is 0 Å². The molecule has 2 fully saturated rings. The van der Waals surface area contributed by atoms with Crippen LogP contribution in [-0.4, -0.2) is 44.3 Å². The SMILES string of the molecule is Fc1c(C2CC2)ncnc1N1CCC(COc2ccc3nccn3n2)CC1. The van der Waals surface area contributed by atoms with Gasteiger partial charge in [-0.2, -0.15) is 0 Å². The first kappa shape index (κ1) is 16.4. The fraction of sp³-hybridized carbons (Fsp3) is 0.474. The van der Waals surface area contributed by atoms with E-state index in [1.54, 1.807) is 16.9 Å². The first-order valence-electron chi connectivity index (χ1n) is 9.46. The van der Waals surface area contributed by atoms with Gasteiger partial charge in [0.15, 0.2) is 17.3 Å². The monoisotopic (exact) mass is 368 g/mol. The molecule has 1 aliphatic heterocycles. The highest BCUT2D eigenvalue weighted by Gasteiger charge is 2.31. The lowest BCUT2D eigenvalue weighted by molar-refractivity contribution is 0.213. The summed E-state index contributed by atoms with van der Waals surface area (Å²) in [5, 5.41) is 4.38. The van der Waals surface area contributed by atoms with E-state index in [9.17, 15) is 4.39 Å². The molecule has 4 heterocycles. The van der Waals surface area contributed by atoms with Gasteiger partial charge in [0.2, 0.25) is 5.88 Å². The van der Waals surface area contributed by atoms with Crippen molar-refractivity contribution in [1.82, 2.24) is 24.6 Å². The minimum atomic E-state index is -0.229. The van der Waals surface area contributed by atoms with Gasteiger partial charge in [-0.05, 0) is 37.7 Å². The van der Waals surface area contributed by atoms with Gasteiger partial charge < -0.3 is 9.64 Å². The molecule has 7 nitrogen and oxygen atoms in total. The second kappa shape index (κ2) is 6.75. The smallest absolute Gasteiger partial charge is 0.231 e. The normalized spacial score (nSPS) is 18.2. The van der Waals surface area contributed by atoms with Crippen LogP contribution in [0.2, 0.25) is 0 Å². The zero-order chi connectivity index (χ0) is 18.2. The van der Waals surface area contributed by atoms with Crippen LogP contribution < -0.4 is 9.64 Å². The van der Waals surface area contributed by atoms with Gasteiger partial charge in [-0.1, -0.05) is 0 Å². The first-order valence-corrected chi connectivity index (χ1v) is 9.46. The van der Waals surface area contributed by atoms with E-state index in [-0.39, 0.29) is 11.7 Å². The number of rotatable bonds is 5. The van der Waals surface area contributed by atoms with Gasteiger partial charge in [-0.15, -0.1) is 5.10 Å². The number of fused-ring (bicyclic) bond motifs is 1. The molecule has 3 aromatic rings. The Kier molecular flexibility index (Phi) is 4.10. The maximum Gasteiger partial charge on any atom is 0.231 e. The van der Waals surface area contributed by atoms with E-state index in [0.29, 0.717) is 29.9 Å². The molecular weight excluding hydrogens is 347 g/mol. The average Bonchev–Trinajstić information content (AvgIpc) is 3.44. The Morgan fingerprint density at radius 1 is 1.07 bits per heavy atom. The predicted octanol–water partition coefficient (Wildman–Crippen LogP) is 2.83. The number of anilines is 1. The van der Waals surface area contributed by atoms with Crippen LogP contribution in [0.25, 0.3) is 5.65 Å². The molecule has 5 rings (SSSR count). The van der Waals surface area contributed by atoms with E-state index in [1.165, 1.54) is 6.33 Å². The molecule has 27 heavy (non-hydrogen) atoms. The maximum atomic E-state index is 14.7. The Morgan fingerprint density at radius 2 is 1.93 bits per heavy atom. The molecular formula is C19H21FN6O. The van der Waals surface area contributed by atoms with Crippen LogP contribution in [0, 0.1) is 11.7 Å². The van der Waals surface area contributed by atoms with Crippen LogP contribution in [-0.2, 0) is 0 Å². The van der Waals surface area contributed by atoms with Crippen LogP contribution in [0.15, 0.2) is 30.9 Å². The summed E-state index contributed by atoms with van der Waals surface area (Å²) in [5.74, 6) is 1.54. The van der Waals surface area contributed by atoms with Crippen molar-refractivity contribution in [2.24, 2.45) is 5.92 Å². The van der Waals surface area contributed by atoms with E-state index < -0.39 is 0 Å². The standard InChI is InChI=1S/C19H21FN6O/c20-17-18(14-1-2-14)22-12-23-19(17)25-8-5-13(6-9-25)11-27-16-4-3-15-21-7-10-26(15)24-16/h3-4,7,10,12-14H,1-2,5-6,8-9,11H2. The zero-order valence-electron chi connectivity index (χ0n) is 15.0. The topological polar surface area (TPSA) is 68.4 Å². The third kappa shape index (κ3) is 3.31. The molecule has 0 bridgehead atoms. The van der Waals surface area contributed by atoms with Crippen LogP contribution >= 0.6 is 0 Å². The molecule has 0 aromatic carbocycles. The van der Waals surface area contributed by atoms with Crippen LogP contribution in [0.3, 0.4) is 0 Å². The van der Waals surface area contributed by atoms with Crippen LogP contribution in [0.5, 0.6) is 5.88 Å². The molecule has 0 atom stereocenters. The van der Waals surface area contributed by atoms with Gasteiger partial charge >= 0.3 is 0 Å². The molecule has 1 aliphatic carbocycles. The number of halogens is 1. The molecule has 0 spiro atoms. The summed E-state index contributed by atoms with van der Waals surface area (Å²) >= 11 is 0. The lowest BCUT2D eigenvalue weighted by Gasteiger charge is -2.32. The Hall–Kier alpha value is -2.77. The Morgan fingerprint density at radius 3 is 2.74 bits per heavy atom. The second-order valence-electron chi connectivity index (χ2n) is 7.31. The van der Waals surface area contributed by atoms with Gasteiger partial charge in [0.05, 0.1) is 12.3 Å². The Bertz CT molecular complexity index is 948. The van der Waals surface area contributed by atoms with E-state index in [4.69, 9.17) is 4.74 Å². The van der Waals surface area contributed by atoms with Crippen molar-refractivity contribution in [3.05, 3.63) is 42.4 Å². The highest BCUT2D eigenvalue weighted by molar-refractivity contribution is 5.43. The second-order valence-corrected chi connectivity index (χ2v) is 7.31. The molecule has 1 saturated carbocycles. The summed E-state index contributed by atoms with van der Waals surface area (Å²) in [4.78, 5) is 14.6. The summed E-state index contributed by atoms with van der Waals surface area (Å²) in [6.07, 6.45) is 8.96. The van der Waals surface area contributed by atoms with Gasteiger partial charge in [0.1, 0.15) is 6.33 Å². The number of aromatic nitrogens is 5. The lowest BCUT2D eigenvalue weighted by atomic mass is 9.98. The van der Waals surface area contributed by atoms with Gasteiger partial charge in [0.25, 0.3) is 0 Å². The van der Waals surface area contributed by atoms with E-state index in [1.807, 2.05) is 17.0 Å². The number of nitrogens with zero attached hydrogens (tertiary/aromatic N) is 6. The van der Waals surface area contributed by atoms with Gasteiger partial charge in [-0.25, -0.2) is 23.9 Å². The maximum absolute atomic E-state index is 14.7. The summed E-state index contributed by atoms with van der Waals surface area (Å²) in [6.45, 7) is 2.17. The fourth-order valence-corrected chi connectivity index (χ4v) is 3.62. The van der Waals surface area contributed by atoms with Crippen LogP contribution in [0.4, 0.5) is 10.2 Å². The quantitative estimate of drug-likeness (QED) is 0.690. The summed E-state index contributed by atoms with van der Waals surface area (Å²) in [5.41, 5.74) is 1.39. The largest absolute Gasteiger partial charge is 0.476 e. The van der Waals surface area contributed by atoms with Crippen molar-refractivity contribution in [1.29, 1.82) is 0 Å². The Balaban J connectivity index is 1.18. The van der Waals surface area contributed by atoms with Crippen LogP contribution in [0.1, 0.15) is 37.3 Å². The molecule has 1 saturated heterocycles. The Labute approximate surface area is 156 Å². The zero-order valence-corrected chi connectivity index (χ0v) is 15.0. The van der Waals surface area contributed by atoms with Crippen molar-refractivity contribution in [2.45, 2.75) is 31.6 Å². The molecule has 140 valence electrons. The fourth-order valence-electron chi connectivity index (χ4n) is 3.62. The predicted molar refractivity (Wildman–Crippen MR) is 97.4 cm³/mol. The summed E-state index contributed by atoms with van der Waals surface area (Å²) in [6, 6.07) is 3.73.